The van der Waals surface area contributed by atoms with Crippen molar-refractivity contribution in [2.45, 2.75) is 18.9 Å². The molecule has 4 rings (SSSR count). The molecule has 1 aromatic carbocycles. The highest BCUT2D eigenvalue weighted by atomic mass is 16.2. The molecule has 1 N–H and O–H groups in total. The fourth-order valence-corrected chi connectivity index (χ4v) is 3.54. The minimum absolute atomic E-state index is 0.149. The van der Waals surface area contributed by atoms with Crippen molar-refractivity contribution in [2.75, 3.05) is 23.3 Å². The lowest BCUT2D eigenvalue weighted by atomic mass is 10.1. The number of carbonyl (C=O) groups is 3. The number of para-hydroxylation sites is 1. The molecule has 2 aliphatic rings. The molecule has 26 heavy (non-hydrogen) atoms. The van der Waals surface area contributed by atoms with Crippen LogP contribution in [-0.2, 0) is 9.59 Å². The molecule has 7 heteroatoms. The number of rotatable bonds is 3. The van der Waals surface area contributed by atoms with E-state index in [0.717, 1.165) is 6.42 Å². The van der Waals surface area contributed by atoms with Crippen LogP contribution in [0.3, 0.4) is 0 Å². The number of nitrogens with zero attached hydrogens (tertiary/aromatic N) is 3. The van der Waals surface area contributed by atoms with Gasteiger partial charge in [0.1, 0.15) is 18.4 Å². The average Bonchev–Trinajstić information content (AvgIpc) is 3.13. The molecule has 1 aromatic heterocycles. The molecule has 1 unspecified atom stereocenters. The largest absolute Gasteiger partial charge is 0.327 e. The molecule has 0 aliphatic carbocycles. The van der Waals surface area contributed by atoms with Gasteiger partial charge in [-0.1, -0.05) is 18.2 Å². The molecule has 0 saturated carbocycles. The molecule has 1 saturated heterocycles. The van der Waals surface area contributed by atoms with Crippen LogP contribution in [0.2, 0.25) is 0 Å². The summed E-state index contributed by atoms with van der Waals surface area (Å²) in [6.45, 7) is 0.404. The predicted octanol–water partition coefficient (Wildman–Crippen LogP) is 1.67. The Bertz CT molecular complexity index is 868. The van der Waals surface area contributed by atoms with Gasteiger partial charge < -0.3 is 15.1 Å². The van der Waals surface area contributed by atoms with E-state index in [0.29, 0.717) is 30.0 Å². The molecule has 7 nitrogen and oxygen atoms in total. The Balaban J connectivity index is 1.65. The number of carbonyl (C=O) groups excluding carboxylic acids is 3. The second-order valence-electron chi connectivity index (χ2n) is 6.36. The molecule has 0 radical (unpaired) electrons. The van der Waals surface area contributed by atoms with Gasteiger partial charge in [-0.15, -0.1) is 0 Å². The van der Waals surface area contributed by atoms with Gasteiger partial charge in [-0.2, -0.15) is 0 Å². The molecule has 0 spiro atoms. The van der Waals surface area contributed by atoms with Crippen LogP contribution in [0.15, 0.2) is 48.7 Å². The highest BCUT2D eigenvalue weighted by Gasteiger charge is 2.42. The molecule has 2 aliphatic heterocycles. The molecule has 132 valence electrons. The number of hydrogen-bond donors (Lipinski definition) is 1. The summed E-state index contributed by atoms with van der Waals surface area (Å²) in [6, 6.07) is 11.6. The number of amides is 3. The number of aromatic nitrogens is 1. The standard InChI is InChI=1S/C19H18N4O3/c24-17(21-16-9-3-4-10-20-16)12-23-14-7-2-1-6-13(14)18(25)22-11-5-8-15(22)19(23)26/h1-4,6-7,9-10,15H,5,8,11-12H2,(H,20,21,24). The molecule has 3 amide bonds. The van der Waals surface area contributed by atoms with Crippen LogP contribution in [0.1, 0.15) is 23.2 Å². The topological polar surface area (TPSA) is 82.6 Å². The number of nitrogens with one attached hydrogen (secondary N) is 1. The van der Waals surface area contributed by atoms with Crippen molar-refractivity contribution in [2.24, 2.45) is 0 Å². The number of anilines is 2. The van der Waals surface area contributed by atoms with Crippen molar-refractivity contribution in [3.63, 3.8) is 0 Å². The van der Waals surface area contributed by atoms with Crippen LogP contribution in [-0.4, -0.2) is 46.7 Å². The van der Waals surface area contributed by atoms with E-state index in [4.69, 9.17) is 0 Å². The summed E-state index contributed by atoms with van der Waals surface area (Å²) >= 11 is 0. The van der Waals surface area contributed by atoms with Gasteiger partial charge in [-0.05, 0) is 37.1 Å². The van der Waals surface area contributed by atoms with Crippen LogP contribution in [0, 0.1) is 0 Å². The fraction of sp³-hybridized carbons (Fsp3) is 0.263. The van der Waals surface area contributed by atoms with Crippen molar-refractivity contribution in [1.82, 2.24) is 9.88 Å². The number of pyridine rings is 1. The smallest absolute Gasteiger partial charge is 0.256 e. The van der Waals surface area contributed by atoms with Gasteiger partial charge in [0.25, 0.3) is 5.91 Å². The third-order valence-corrected chi connectivity index (χ3v) is 4.72. The van der Waals surface area contributed by atoms with Crippen LogP contribution < -0.4 is 10.2 Å². The lowest BCUT2D eigenvalue weighted by Gasteiger charge is -2.25. The van der Waals surface area contributed by atoms with Gasteiger partial charge in [0, 0.05) is 12.7 Å². The Kier molecular flexibility index (Phi) is 4.12. The zero-order valence-electron chi connectivity index (χ0n) is 14.1. The Labute approximate surface area is 150 Å². The highest BCUT2D eigenvalue weighted by Crippen LogP contribution is 2.32. The van der Waals surface area contributed by atoms with Crippen LogP contribution in [0.5, 0.6) is 0 Å². The van der Waals surface area contributed by atoms with Crippen molar-refractivity contribution in [3.8, 4) is 0 Å². The van der Waals surface area contributed by atoms with Gasteiger partial charge >= 0.3 is 0 Å². The average molecular weight is 350 g/mol. The zero-order valence-corrected chi connectivity index (χ0v) is 14.1. The summed E-state index contributed by atoms with van der Waals surface area (Å²) in [5, 5.41) is 2.69. The van der Waals surface area contributed by atoms with E-state index >= 15 is 0 Å². The first-order chi connectivity index (χ1) is 12.6. The fourth-order valence-electron chi connectivity index (χ4n) is 3.54. The minimum atomic E-state index is -0.502. The Morgan fingerprint density at radius 3 is 2.77 bits per heavy atom. The van der Waals surface area contributed by atoms with Crippen LogP contribution in [0.4, 0.5) is 11.5 Å². The first-order valence-electron chi connectivity index (χ1n) is 8.57. The maximum Gasteiger partial charge on any atom is 0.256 e. The van der Waals surface area contributed by atoms with E-state index in [1.165, 1.54) is 4.90 Å². The quantitative estimate of drug-likeness (QED) is 0.913. The van der Waals surface area contributed by atoms with Crippen LogP contribution >= 0.6 is 0 Å². The molecule has 3 heterocycles. The summed E-state index contributed by atoms with van der Waals surface area (Å²) in [6.07, 6.45) is 2.99. The first kappa shape index (κ1) is 16.3. The monoisotopic (exact) mass is 350 g/mol. The van der Waals surface area contributed by atoms with E-state index < -0.39 is 6.04 Å². The van der Waals surface area contributed by atoms with Gasteiger partial charge in [-0.25, -0.2) is 4.98 Å². The van der Waals surface area contributed by atoms with Gasteiger partial charge in [0.2, 0.25) is 11.8 Å². The minimum Gasteiger partial charge on any atom is -0.327 e. The third-order valence-electron chi connectivity index (χ3n) is 4.72. The van der Waals surface area contributed by atoms with Crippen molar-refractivity contribution in [3.05, 3.63) is 54.2 Å². The Morgan fingerprint density at radius 2 is 1.96 bits per heavy atom. The lowest BCUT2D eigenvalue weighted by molar-refractivity contribution is -0.124. The molecule has 2 aromatic rings. The Morgan fingerprint density at radius 1 is 1.15 bits per heavy atom. The molecule has 1 atom stereocenters. The van der Waals surface area contributed by atoms with E-state index in [1.807, 2.05) is 0 Å². The van der Waals surface area contributed by atoms with Crippen molar-refractivity contribution < 1.29 is 14.4 Å². The van der Waals surface area contributed by atoms with Gasteiger partial charge in [0.15, 0.2) is 0 Å². The second-order valence-corrected chi connectivity index (χ2v) is 6.36. The SMILES string of the molecule is O=C(CN1C(=O)C2CCCN2C(=O)c2ccccc21)Nc1ccccn1. The molecular weight excluding hydrogens is 332 g/mol. The summed E-state index contributed by atoms with van der Waals surface area (Å²) in [7, 11) is 0. The van der Waals surface area contributed by atoms with E-state index in [-0.39, 0.29) is 24.3 Å². The van der Waals surface area contributed by atoms with Crippen molar-refractivity contribution >= 4 is 29.2 Å². The van der Waals surface area contributed by atoms with Crippen molar-refractivity contribution in [1.29, 1.82) is 0 Å². The zero-order chi connectivity index (χ0) is 18.1. The summed E-state index contributed by atoms with van der Waals surface area (Å²) in [5.74, 6) is -0.293. The maximum atomic E-state index is 13.1. The summed E-state index contributed by atoms with van der Waals surface area (Å²) in [4.78, 5) is 45.5. The maximum absolute atomic E-state index is 13.1. The molecule has 0 bridgehead atoms. The van der Waals surface area contributed by atoms with Crippen LogP contribution in [0.25, 0.3) is 0 Å². The third kappa shape index (κ3) is 2.81. The van der Waals surface area contributed by atoms with E-state index in [1.54, 1.807) is 53.6 Å². The van der Waals surface area contributed by atoms with E-state index in [2.05, 4.69) is 10.3 Å². The second kappa shape index (κ2) is 6.59. The lowest BCUT2D eigenvalue weighted by Crippen LogP contribution is -2.47. The number of fused-ring (bicyclic) bond motifs is 2. The predicted molar refractivity (Wildman–Crippen MR) is 95.7 cm³/mol. The highest BCUT2D eigenvalue weighted by molar-refractivity contribution is 6.13. The summed E-state index contributed by atoms with van der Waals surface area (Å²) in [5.41, 5.74) is 0.934. The number of benzene rings is 1. The van der Waals surface area contributed by atoms with Gasteiger partial charge in [-0.3, -0.25) is 14.4 Å². The Hall–Kier alpha value is -3.22. The molecular formula is C19H18N4O3. The first-order valence-corrected chi connectivity index (χ1v) is 8.57. The summed E-state index contributed by atoms with van der Waals surface area (Å²) < 4.78 is 0. The number of hydrogen-bond acceptors (Lipinski definition) is 4. The normalized spacial score (nSPS) is 19.0. The van der Waals surface area contributed by atoms with E-state index in [9.17, 15) is 14.4 Å². The van der Waals surface area contributed by atoms with Gasteiger partial charge in [0.05, 0.1) is 11.3 Å². The molecule has 1 fully saturated rings.